The molecular formula is C12H11BrN2OS. The molecule has 0 saturated heterocycles. The van der Waals surface area contributed by atoms with Gasteiger partial charge in [-0.1, -0.05) is 28.1 Å². The summed E-state index contributed by atoms with van der Waals surface area (Å²) in [5, 5.41) is 5.45. The molecule has 17 heavy (non-hydrogen) atoms. The van der Waals surface area contributed by atoms with Crippen molar-refractivity contribution in [3.05, 3.63) is 39.8 Å². The molecule has 0 spiro atoms. The van der Waals surface area contributed by atoms with Crippen LogP contribution in [-0.4, -0.2) is 17.9 Å². The van der Waals surface area contributed by atoms with E-state index in [4.69, 9.17) is 0 Å². The topological polar surface area (TPSA) is 42.0 Å². The van der Waals surface area contributed by atoms with Crippen molar-refractivity contribution < 1.29 is 4.79 Å². The van der Waals surface area contributed by atoms with Crippen LogP contribution in [0, 0.1) is 0 Å². The van der Waals surface area contributed by atoms with E-state index >= 15 is 0 Å². The summed E-state index contributed by atoms with van der Waals surface area (Å²) in [5.74, 6) is -0.0175. The first kappa shape index (κ1) is 12.3. The molecule has 1 N–H and O–H groups in total. The van der Waals surface area contributed by atoms with Gasteiger partial charge in [-0.2, -0.15) is 0 Å². The van der Waals surface area contributed by atoms with Gasteiger partial charge in [0.15, 0.2) is 0 Å². The fourth-order valence-electron chi connectivity index (χ4n) is 1.40. The molecule has 0 unspecified atom stereocenters. The Morgan fingerprint density at radius 1 is 1.53 bits per heavy atom. The molecule has 0 saturated carbocycles. The van der Waals surface area contributed by atoms with E-state index < -0.39 is 0 Å². The Balaban J connectivity index is 2.21. The SMILES string of the molecule is CNC(=O)Cc1csc(-c2cccc(Br)c2)n1. The summed E-state index contributed by atoms with van der Waals surface area (Å²) in [6.07, 6.45) is 0.334. The number of hydrogen-bond donors (Lipinski definition) is 1. The molecule has 1 aromatic carbocycles. The molecule has 1 heterocycles. The maximum atomic E-state index is 11.2. The number of amides is 1. The number of thiazole rings is 1. The Kier molecular flexibility index (Phi) is 3.91. The van der Waals surface area contributed by atoms with E-state index in [1.54, 1.807) is 18.4 Å². The van der Waals surface area contributed by atoms with Crippen LogP contribution in [0.1, 0.15) is 5.69 Å². The van der Waals surface area contributed by atoms with Gasteiger partial charge in [-0.25, -0.2) is 4.98 Å². The van der Waals surface area contributed by atoms with E-state index in [1.807, 2.05) is 29.6 Å². The minimum Gasteiger partial charge on any atom is -0.359 e. The van der Waals surface area contributed by atoms with E-state index in [-0.39, 0.29) is 5.91 Å². The minimum atomic E-state index is -0.0175. The highest BCUT2D eigenvalue weighted by Gasteiger charge is 2.07. The summed E-state index contributed by atoms with van der Waals surface area (Å²) in [4.78, 5) is 15.7. The van der Waals surface area contributed by atoms with Crippen molar-refractivity contribution in [2.75, 3.05) is 7.05 Å². The second-order valence-electron chi connectivity index (χ2n) is 3.50. The summed E-state index contributed by atoms with van der Waals surface area (Å²) in [7, 11) is 1.63. The number of nitrogens with zero attached hydrogens (tertiary/aromatic N) is 1. The average molecular weight is 311 g/mol. The van der Waals surface area contributed by atoms with Gasteiger partial charge in [-0.15, -0.1) is 11.3 Å². The van der Waals surface area contributed by atoms with Crippen LogP contribution in [-0.2, 0) is 11.2 Å². The number of carbonyl (C=O) groups is 1. The van der Waals surface area contributed by atoms with Gasteiger partial charge < -0.3 is 5.32 Å². The monoisotopic (exact) mass is 310 g/mol. The van der Waals surface area contributed by atoms with Crippen molar-refractivity contribution in [1.29, 1.82) is 0 Å². The van der Waals surface area contributed by atoms with E-state index in [1.165, 1.54) is 0 Å². The molecule has 0 aliphatic heterocycles. The second kappa shape index (κ2) is 5.42. The first-order chi connectivity index (χ1) is 8.19. The van der Waals surface area contributed by atoms with Crippen LogP contribution in [0.25, 0.3) is 10.6 Å². The number of rotatable bonds is 3. The maximum absolute atomic E-state index is 11.2. The van der Waals surface area contributed by atoms with Crippen LogP contribution in [0.3, 0.4) is 0 Å². The van der Waals surface area contributed by atoms with Gasteiger partial charge in [0.2, 0.25) is 5.91 Å². The number of carbonyl (C=O) groups excluding carboxylic acids is 1. The molecule has 0 aliphatic carbocycles. The summed E-state index contributed by atoms with van der Waals surface area (Å²) < 4.78 is 1.03. The zero-order chi connectivity index (χ0) is 12.3. The largest absolute Gasteiger partial charge is 0.359 e. The Hall–Kier alpha value is -1.20. The van der Waals surface area contributed by atoms with Gasteiger partial charge in [0, 0.05) is 22.5 Å². The van der Waals surface area contributed by atoms with Crippen LogP contribution in [0.15, 0.2) is 34.1 Å². The van der Waals surface area contributed by atoms with Crippen molar-refractivity contribution in [3.63, 3.8) is 0 Å². The molecule has 0 atom stereocenters. The normalized spacial score (nSPS) is 10.2. The quantitative estimate of drug-likeness (QED) is 0.947. The molecule has 2 rings (SSSR count). The molecule has 0 bridgehead atoms. The van der Waals surface area contributed by atoms with Gasteiger partial charge in [-0.3, -0.25) is 4.79 Å². The third kappa shape index (κ3) is 3.14. The molecule has 3 nitrogen and oxygen atoms in total. The molecule has 2 aromatic rings. The first-order valence-corrected chi connectivity index (χ1v) is 6.77. The van der Waals surface area contributed by atoms with E-state index in [9.17, 15) is 4.79 Å². The predicted octanol–water partition coefficient (Wildman–Crippen LogP) is 2.86. The van der Waals surface area contributed by atoms with Crippen LogP contribution in [0.2, 0.25) is 0 Å². The predicted molar refractivity (Wildman–Crippen MR) is 73.0 cm³/mol. The third-order valence-electron chi connectivity index (χ3n) is 2.24. The van der Waals surface area contributed by atoms with Gasteiger partial charge in [0.25, 0.3) is 0 Å². The van der Waals surface area contributed by atoms with Gasteiger partial charge >= 0.3 is 0 Å². The van der Waals surface area contributed by atoms with Crippen LogP contribution >= 0.6 is 27.3 Å². The number of benzene rings is 1. The molecule has 0 fully saturated rings. The molecule has 1 amide bonds. The Labute approximate surface area is 112 Å². The van der Waals surface area contributed by atoms with Gasteiger partial charge in [0.1, 0.15) is 5.01 Å². The highest BCUT2D eigenvalue weighted by Crippen LogP contribution is 2.26. The average Bonchev–Trinajstić information content (AvgIpc) is 2.77. The molecule has 1 aromatic heterocycles. The van der Waals surface area contributed by atoms with E-state index in [2.05, 4.69) is 26.2 Å². The number of aromatic nitrogens is 1. The zero-order valence-corrected chi connectivity index (χ0v) is 11.6. The standard InChI is InChI=1S/C12H11BrN2OS/c1-14-11(16)6-10-7-17-12(15-10)8-3-2-4-9(13)5-8/h2-5,7H,6H2,1H3,(H,14,16). The molecule has 88 valence electrons. The fourth-order valence-corrected chi connectivity index (χ4v) is 2.61. The zero-order valence-electron chi connectivity index (χ0n) is 9.24. The lowest BCUT2D eigenvalue weighted by molar-refractivity contribution is -0.120. The number of halogens is 1. The summed E-state index contributed by atoms with van der Waals surface area (Å²) in [6.45, 7) is 0. The van der Waals surface area contributed by atoms with E-state index in [0.29, 0.717) is 6.42 Å². The van der Waals surface area contributed by atoms with Crippen molar-refractivity contribution >= 4 is 33.2 Å². The van der Waals surface area contributed by atoms with Crippen molar-refractivity contribution in [2.24, 2.45) is 0 Å². The Morgan fingerprint density at radius 2 is 2.35 bits per heavy atom. The first-order valence-electron chi connectivity index (χ1n) is 5.10. The number of nitrogens with one attached hydrogen (secondary N) is 1. The fraction of sp³-hybridized carbons (Fsp3) is 0.167. The minimum absolute atomic E-state index is 0.0175. The Bertz CT molecular complexity index is 539. The molecule has 0 radical (unpaired) electrons. The van der Waals surface area contributed by atoms with Gasteiger partial charge in [0.05, 0.1) is 12.1 Å². The second-order valence-corrected chi connectivity index (χ2v) is 5.28. The maximum Gasteiger partial charge on any atom is 0.225 e. The van der Waals surface area contributed by atoms with E-state index in [0.717, 1.165) is 20.7 Å². The van der Waals surface area contributed by atoms with Crippen molar-refractivity contribution in [3.8, 4) is 10.6 Å². The highest BCUT2D eigenvalue weighted by atomic mass is 79.9. The lowest BCUT2D eigenvalue weighted by Gasteiger charge is -1.97. The van der Waals surface area contributed by atoms with Crippen molar-refractivity contribution in [1.82, 2.24) is 10.3 Å². The molecule has 0 aliphatic rings. The Morgan fingerprint density at radius 3 is 3.06 bits per heavy atom. The van der Waals surface area contributed by atoms with Crippen LogP contribution in [0.5, 0.6) is 0 Å². The third-order valence-corrected chi connectivity index (χ3v) is 3.68. The number of hydrogen-bond acceptors (Lipinski definition) is 3. The molecular weight excluding hydrogens is 300 g/mol. The van der Waals surface area contributed by atoms with Crippen LogP contribution in [0.4, 0.5) is 0 Å². The van der Waals surface area contributed by atoms with Gasteiger partial charge in [-0.05, 0) is 12.1 Å². The summed E-state index contributed by atoms with van der Waals surface area (Å²) >= 11 is 4.98. The lowest BCUT2D eigenvalue weighted by Crippen LogP contribution is -2.19. The summed E-state index contributed by atoms with van der Waals surface area (Å²) in [5.41, 5.74) is 1.87. The number of likely N-dealkylation sites (N-methyl/N-ethyl adjacent to an activating group) is 1. The van der Waals surface area contributed by atoms with Crippen molar-refractivity contribution in [2.45, 2.75) is 6.42 Å². The molecule has 5 heteroatoms. The smallest absolute Gasteiger partial charge is 0.225 e. The summed E-state index contributed by atoms with van der Waals surface area (Å²) in [6, 6.07) is 7.97. The van der Waals surface area contributed by atoms with Crippen LogP contribution < -0.4 is 5.32 Å². The highest BCUT2D eigenvalue weighted by molar-refractivity contribution is 9.10. The lowest BCUT2D eigenvalue weighted by atomic mass is 10.2.